The van der Waals surface area contributed by atoms with Crippen molar-refractivity contribution >= 4 is 6.08 Å². The van der Waals surface area contributed by atoms with Gasteiger partial charge in [0.15, 0.2) is 0 Å². The lowest BCUT2D eigenvalue weighted by Gasteiger charge is -2.15. The molecule has 0 saturated carbocycles. The third-order valence-electron chi connectivity index (χ3n) is 5.02. The van der Waals surface area contributed by atoms with Gasteiger partial charge in [-0.15, -0.1) is 0 Å². The molecule has 2 rings (SSSR count). The van der Waals surface area contributed by atoms with E-state index in [1.807, 2.05) is 6.92 Å². The largest absolute Gasteiger partial charge is 0.462 e. The molecule has 0 spiro atoms. The molecular formula is C22H28O. The van der Waals surface area contributed by atoms with Crippen molar-refractivity contribution in [1.29, 1.82) is 0 Å². The Labute approximate surface area is 141 Å². The zero-order valence-corrected chi connectivity index (χ0v) is 15.7. The van der Waals surface area contributed by atoms with E-state index in [1.165, 1.54) is 44.5 Å². The molecule has 0 amide bonds. The van der Waals surface area contributed by atoms with Crippen LogP contribution in [0, 0.1) is 48.5 Å². The van der Waals surface area contributed by atoms with E-state index in [0.717, 1.165) is 11.5 Å². The van der Waals surface area contributed by atoms with E-state index in [0.29, 0.717) is 0 Å². The van der Waals surface area contributed by atoms with Crippen molar-refractivity contribution in [2.24, 2.45) is 0 Å². The van der Waals surface area contributed by atoms with Crippen LogP contribution in [0.5, 0.6) is 5.75 Å². The van der Waals surface area contributed by atoms with Gasteiger partial charge in [-0.2, -0.15) is 0 Å². The van der Waals surface area contributed by atoms with E-state index in [9.17, 15) is 0 Å². The van der Waals surface area contributed by atoms with Crippen molar-refractivity contribution in [1.82, 2.24) is 0 Å². The van der Waals surface area contributed by atoms with E-state index in [2.05, 4.69) is 72.7 Å². The molecule has 2 aromatic rings. The zero-order chi connectivity index (χ0) is 17.3. The van der Waals surface area contributed by atoms with Crippen LogP contribution in [0.3, 0.4) is 0 Å². The molecule has 0 saturated heterocycles. The summed E-state index contributed by atoms with van der Waals surface area (Å²) >= 11 is 0. The quantitative estimate of drug-likeness (QED) is 0.606. The Morgan fingerprint density at radius 3 is 1.78 bits per heavy atom. The molecule has 2 aromatic carbocycles. The van der Waals surface area contributed by atoms with Crippen LogP contribution in [0.4, 0.5) is 0 Å². The molecule has 23 heavy (non-hydrogen) atoms. The minimum atomic E-state index is 0.915. The van der Waals surface area contributed by atoms with Gasteiger partial charge in [0.25, 0.3) is 0 Å². The van der Waals surface area contributed by atoms with Crippen LogP contribution >= 0.6 is 0 Å². The van der Waals surface area contributed by atoms with Gasteiger partial charge in [-0.1, -0.05) is 12.1 Å². The Morgan fingerprint density at radius 2 is 1.22 bits per heavy atom. The topological polar surface area (TPSA) is 9.23 Å². The third-order valence-corrected chi connectivity index (χ3v) is 5.02. The summed E-state index contributed by atoms with van der Waals surface area (Å²) in [6.45, 7) is 17.1. The van der Waals surface area contributed by atoms with Gasteiger partial charge in [0, 0.05) is 0 Å². The molecule has 0 aliphatic heterocycles. The highest BCUT2D eigenvalue weighted by Gasteiger charge is 2.09. The van der Waals surface area contributed by atoms with Crippen molar-refractivity contribution in [2.75, 3.05) is 0 Å². The first kappa shape index (κ1) is 17.3. The summed E-state index contributed by atoms with van der Waals surface area (Å²) < 4.78 is 6.14. The SMILES string of the molecule is CC(=Cc1cc(C)c(C)c(C)c1)Oc1cc(C)c(C)c(C)c1C. The van der Waals surface area contributed by atoms with Crippen LogP contribution in [0.2, 0.25) is 0 Å². The molecule has 0 heterocycles. The van der Waals surface area contributed by atoms with E-state index < -0.39 is 0 Å². The van der Waals surface area contributed by atoms with E-state index in [4.69, 9.17) is 4.74 Å². The maximum atomic E-state index is 6.14. The lowest BCUT2D eigenvalue weighted by molar-refractivity contribution is 0.428. The summed E-state index contributed by atoms with van der Waals surface area (Å²) in [5.74, 6) is 1.87. The predicted molar refractivity (Wildman–Crippen MR) is 100 cm³/mol. The van der Waals surface area contributed by atoms with E-state index in [1.54, 1.807) is 0 Å². The van der Waals surface area contributed by atoms with Crippen molar-refractivity contribution in [2.45, 2.75) is 55.4 Å². The molecule has 0 fully saturated rings. The van der Waals surface area contributed by atoms with Gasteiger partial charge in [-0.25, -0.2) is 0 Å². The first-order valence-electron chi connectivity index (χ1n) is 8.22. The molecule has 0 aliphatic rings. The van der Waals surface area contributed by atoms with Crippen LogP contribution in [0.1, 0.15) is 51.4 Å². The Kier molecular flexibility index (Phi) is 4.99. The van der Waals surface area contributed by atoms with Crippen LogP contribution in [-0.2, 0) is 0 Å². The maximum Gasteiger partial charge on any atom is 0.130 e. The van der Waals surface area contributed by atoms with Crippen molar-refractivity contribution in [3.8, 4) is 5.75 Å². The van der Waals surface area contributed by atoms with Gasteiger partial charge < -0.3 is 4.74 Å². The second-order valence-corrected chi connectivity index (χ2v) is 6.70. The number of benzene rings is 2. The normalized spacial score (nSPS) is 11.7. The molecule has 1 heteroatoms. The van der Waals surface area contributed by atoms with Crippen LogP contribution in [0.25, 0.3) is 6.08 Å². The summed E-state index contributed by atoms with van der Waals surface area (Å²) in [6.07, 6.45) is 2.11. The highest BCUT2D eigenvalue weighted by molar-refractivity contribution is 5.56. The molecule has 0 aromatic heterocycles. The summed E-state index contributed by atoms with van der Waals surface area (Å²) in [4.78, 5) is 0. The molecule has 0 aliphatic carbocycles. The Balaban J connectivity index is 2.34. The fourth-order valence-corrected chi connectivity index (χ4v) is 2.87. The Bertz CT molecular complexity index is 756. The average molecular weight is 308 g/mol. The summed E-state index contributed by atoms with van der Waals surface area (Å²) in [5.41, 5.74) is 10.4. The molecule has 0 bridgehead atoms. The summed E-state index contributed by atoms with van der Waals surface area (Å²) in [6, 6.07) is 6.57. The monoisotopic (exact) mass is 308 g/mol. The molecule has 1 nitrogen and oxygen atoms in total. The minimum Gasteiger partial charge on any atom is -0.462 e. The van der Waals surface area contributed by atoms with Crippen LogP contribution in [0.15, 0.2) is 24.0 Å². The van der Waals surface area contributed by atoms with Crippen molar-refractivity contribution in [3.05, 3.63) is 68.5 Å². The van der Waals surface area contributed by atoms with E-state index >= 15 is 0 Å². The molecule has 0 unspecified atom stereocenters. The lowest BCUT2D eigenvalue weighted by Crippen LogP contribution is -1.98. The molecule has 122 valence electrons. The zero-order valence-electron chi connectivity index (χ0n) is 15.7. The number of rotatable bonds is 3. The first-order valence-corrected chi connectivity index (χ1v) is 8.22. The van der Waals surface area contributed by atoms with Gasteiger partial charge in [-0.3, -0.25) is 0 Å². The Hall–Kier alpha value is -2.02. The fraction of sp³-hybridized carbons (Fsp3) is 0.364. The highest BCUT2D eigenvalue weighted by atomic mass is 16.5. The minimum absolute atomic E-state index is 0.915. The van der Waals surface area contributed by atoms with Crippen LogP contribution < -0.4 is 4.74 Å². The number of hydrogen-bond acceptors (Lipinski definition) is 1. The van der Waals surface area contributed by atoms with Crippen molar-refractivity contribution < 1.29 is 4.74 Å². The Morgan fingerprint density at radius 1 is 0.696 bits per heavy atom. The van der Waals surface area contributed by atoms with Gasteiger partial charge in [0.05, 0.1) is 0 Å². The fourth-order valence-electron chi connectivity index (χ4n) is 2.87. The van der Waals surface area contributed by atoms with Gasteiger partial charge >= 0.3 is 0 Å². The van der Waals surface area contributed by atoms with Crippen molar-refractivity contribution in [3.63, 3.8) is 0 Å². The molecule has 0 N–H and O–H groups in total. The van der Waals surface area contributed by atoms with Gasteiger partial charge in [0.1, 0.15) is 11.5 Å². The lowest BCUT2D eigenvalue weighted by atomic mass is 9.98. The van der Waals surface area contributed by atoms with Gasteiger partial charge in [0.2, 0.25) is 0 Å². The summed E-state index contributed by atoms with van der Waals surface area (Å²) in [5, 5.41) is 0. The maximum absolute atomic E-state index is 6.14. The number of ether oxygens (including phenoxy) is 1. The summed E-state index contributed by atoms with van der Waals surface area (Å²) in [7, 11) is 0. The average Bonchev–Trinajstić information content (AvgIpc) is 2.48. The van der Waals surface area contributed by atoms with Gasteiger partial charge in [-0.05, 0) is 112 Å². The van der Waals surface area contributed by atoms with E-state index in [-0.39, 0.29) is 0 Å². The highest BCUT2D eigenvalue weighted by Crippen LogP contribution is 2.29. The molecule has 0 radical (unpaired) electrons. The third kappa shape index (κ3) is 3.67. The smallest absolute Gasteiger partial charge is 0.130 e. The predicted octanol–water partition coefficient (Wildman–Crippen LogP) is 6.29. The second-order valence-electron chi connectivity index (χ2n) is 6.70. The number of aryl methyl sites for hydroxylation is 3. The standard InChI is InChI=1S/C22H28O/c1-13-9-21(10-14(2)17(13)5)12-16(4)23-22-11-15(3)18(6)19(7)20(22)8/h9-12H,1-8H3. The number of hydrogen-bond donors (Lipinski definition) is 0. The second kappa shape index (κ2) is 6.62. The molecule has 0 atom stereocenters. The molecular weight excluding hydrogens is 280 g/mol. The number of allylic oxidation sites excluding steroid dienone is 1. The van der Waals surface area contributed by atoms with Crippen LogP contribution in [-0.4, -0.2) is 0 Å². The first-order chi connectivity index (χ1) is 10.7.